The van der Waals surface area contributed by atoms with Crippen LogP contribution in [-0.2, 0) is 10.0 Å². The van der Waals surface area contributed by atoms with Crippen molar-refractivity contribution >= 4 is 21.4 Å². The molecule has 0 aliphatic carbocycles. The van der Waals surface area contributed by atoms with E-state index in [4.69, 9.17) is 5.73 Å². The van der Waals surface area contributed by atoms with Gasteiger partial charge in [-0.2, -0.15) is 0 Å². The van der Waals surface area contributed by atoms with Crippen LogP contribution < -0.4 is 10.5 Å². The van der Waals surface area contributed by atoms with E-state index >= 15 is 0 Å². The summed E-state index contributed by atoms with van der Waals surface area (Å²) in [5.41, 5.74) is 7.40. The van der Waals surface area contributed by atoms with E-state index in [-0.39, 0.29) is 5.75 Å². The molecule has 14 heavy (non-hydrogen) atoms. The lowest BCUT2D eigenvalue weighted by atomic mass is 10.2. The van der Waals surface area contributed by atoms with Crippen LogP contribution in [0, 0.1) is 6.92 Å². The van der Waals surface area contributed by atoms with Gasteiger partial charge >= 0.3 is 0 Å². The summed E-state index contributed by atoms with van der Waals surface area (Å²) in [5.74, 6) is 0.0424. The average molecular weight is 214 g/mol. The number of aryl methyl sites for hydroxylation is 1. The molecule has 0 bridgehead atoms. The van der Waals surface area contributed by atoms with Crippen molar-refractivity contribution in [3.63, 3.8) is 0 Å². The second-order valence-electron chi connectivity index (χ2n) is 3.04. The van der Waals surface area contributed by atoms with Gasteiger partial charge in [-0.15, -0.1) is 0 Å². The highest BCUT2D eigenvalue weighted by Crippen LogP contribution is 2.23. The summed E-state index contributed by atoms with van der Waals surface area (Å²) in [6.07, 6.45) is 0. The standard InChI is InChI=1S/C9H14N2O2S/c1-3-14(12,13)11-9-7(2)5-4-6-8(9)10/h4-6,11H,3,10H2,1-2H3. The van der Waals surface area contributed by atoms with Gasteiger partial charge in [0.2, 0.25) is 10.0 Å². The summed E-state index contributed by atoms with van der Waals surface area (Å²) in [7, 11) is -3.25. The molecule has 0 aromatic heterocycles. The number of hydrogen-bond acceptors (Lipinski definition) is 3. The number of nitrogens with one attached hydrogen (secondary N) is 1. The molecule has 78 valence electrons. The Morgan fingerprint density at radius 3 is 2.57 bits per heavy atom. The number of sulfonamides is 1. The Balaban J connectivity index is 3.09. The topological polar surface area (TPSA) is 72.2 Å². The van der Waals surface area contributed by atoms with Crippen LogP contribution >= 0.6 is 0 Å². The molecule has 1 aromatic carbocycles. The molecule has 5 heteroatoms. The quantitative estimate of drug-likeness (QED) is 0.746. The fourth-order valence-electron chi connectivity index (χ4n) is 1.06. The summed E-state index contributed by atoms with van der Waals surface area (Å²) >= 11 is 0. The Morgan fingerprint density at radius 2 is 2.07 bits per heavy atom. The van der Waals surface area contributed by atoms with Gasteiger partial charge in [-0.25, -0.2) is 8.42 Å². The third-order valence-corrected chi connectivity index (χ3v) is 3.22. The number of para-hydroxylation sites is 1. The molecule has 1 aromatic rings. The largest absolute Gasteiger partial charge is 0.397 e. The molecular formula is C9H14N2O2S. The zero-order valence-electron chi connectivity index (χ0n) is 8.24. The number of nitrogens with two attached hydrogens (primary N) is 1. The summed E-state index contributed by atoms with van der Waals surface area (Å²) in [6.45, 7) is 3.39. The lowest BCUT2D eigenvalue weighted by Crippen LogP contribution is -2.16. The second-order valence-corrected chi connectivity index (χ2v) is 5.06. The van der Waals surface area contributed by atoms with E-state index in [9.17, 15) is 8.42 Å². The van der Waals surface area contributed by atoms with Crippen molar-refractivity contribution in [2.75, 3.05) is 16.2 Å². The van der Waals surface area contributed by atoms with Crippen LogP contribution in [0.2, 0.25) is 0 Å². The third kappa shape index (κ3) is 2.38. The SMILES string of the molecule is CCS(=O)(=O)Nc1c(C)cccc1N. The molecule has 0 atom stereocenters. The fraction of sp³-hybridized carbons (Fsp3) is 0.333. The van der Waals surface area contributed by atoms with Gasteiger partial charge < -0.3 is 5.73 Å². The molecule has 0 saturated heterocycles. The first-order chi connectivity index (χ1) is 6.46. The number of nitrogen functional groups attached to an aromatic ring is 1. The molecule has 0 spiro atoms. The fourth-order valence-corrected chi connectivity index (χ4v) is 1.79. The van der Waals surface area contributed by atoms with Crippen molar-refractivity contribution in [1.29, 1.82) is 0 Å². The van der Waals surface area contributed by atoms with Crippen molar-refractivity contribution in [3.05, 3.63) is 23.8 Å². The Bertz CT molecular complexity index is 406. The van der Waals surface area contributed by atoms with Crippen LogP contribution in [0.4, 0.5) is 11.4 Å². The maximum Gasteiger partial charge on any atom is 0.232 e. The Morgan fingerprint density at radius 1 is 1.43 bits per heavy atom. The van der Waals surface area contributed by atoms with Crippen molar-refractivity contribution in [3.8, 4) is 0 Å². The highest BCUT2D eigenvalue weighted by molar-refractivity contribution is 7.92. The first kappa shape index (κ1) is 10.8. The van der Waals surface area contributed by atoms with Crippen molar-refractivity contribution in [2.24, 2.45) is 0 Å². The zero-order chi connectivity index (χ0) is 10.8. The van der Waals surface area contributed by atoms with Crippen LogP contribution in [0.15, 0.2) is 18.2 Å². The monoisotopic (exact) mass is 214 g/mol. The van der Waals surface area contributed by atoms with Gasteiger partial charge in [0.25, 0.3) is 0 Å². The van der Waals surface area contributed by atoms with Gasteiger partial charge in [0.15, 0.2) is 0 Å². The van der Waals surface area contributed by atoms with E-state index in [0.717, 1.165) is 5.56 Å². The van der Waals surface area contributed by atoms with Crippen LogP contribution in [0.25, 0.3) is 0 Å². The van der Waals surface area contributed by atoms with Crippen molar-refractivity contribution < 1.29 is 8.42 Å². The van der Waals surface area contributed by atoms with Gasteiger partial charge in [-0.05, 0) is 25.5 Å². The van der Waals surface area contributed by atoms with E-state index in [1.165, 1.54) is 0 Å². The van der Waals surface area contributed by atoms with E-state index < -0.39 is 10.0 Å². The van der Waals surface area contributed by atoms with E-state index in [0.29, 0.717) is 11.4 Å². The van der Waals surface area contributed by atoms with Crippen LogP contribution in [0.1, 0.15) is 12.5 Å². The number of hydrogen-bond donors (Lipinski definition) is 2. The molecule has 0 saturated carbocycles. The first-order valence-electron chi connectivity index (χ1n) is 4.32. The highest BCUT2D eigenvalue weighted by atomic mass is 32.2. The first-order valence-corrected chi connectivity index (χ1v) is 5.97. The molecule has 0 aliphatic heterocycles. The lowest BCUT2D eigenvalue weighted by molar-refractivity contribution is 0.602. The molecule has 0 unspecified atom stereocenters. The minimum absolute atomic E-state index is 0.0424. The Labute approximate surface area is 84.2 Å². The minimum atomic E-state index is -3.25. The predicted molar refractivity (Wildman–Crippen MR) is 58.7 cm³/mol. The van der Waals surface area contributed by atoms with Crippen LogP contribution in [-0.4, -0.2) is 14.2 Å². The number of benzene rings is 1. The summed E-state index contributed by atoms with van der Waals surface area (Å²) in [5, 5.41) is 0. The van der Waals surface area contributed by atoms with E-state index in [1.54, 1.807) is 19.1 Å². The van der Waals surface area contributed by atoms with E-state index in [2.05, 4.69) is 4.72 Å². The zero-order valence-corrected chi connectivity index (χ0v) is 9.06. The van der Waals surface area contributed by atoms with Crippen LogP contribution in [0.3, 0.4) is 0 Å². The average Bonchev–Trinajstić information content (AvgIpc) is 2.12. The van der Waals surface area contributed by atoms with Gasteiger partial charge in [-0.1, -0.05) is 12.1 Å². The molecule has 0 amide bonds. The summed E-state index contributed by atoms with van der Waals surface area (Å²) < 4.78 is 25.1. The molecule has 0 aliphatic rings. The molecule has 1 rings (SSSR count). The second kappa shape index (κ2) is 3.88. The maximum absolute atomic E-state index is 11.3. The number of rotatable bonds is 3. The molecule has 3 N–H and O–H groups in total. The molecular weight excluding hydrogens is 200 g/mol. The summed E-state index contributed by atoms with van der Waals surface area (Å²) in [4.78, 5) is 0. The predicted octanol–water partition coefficient (Wildman–Crippen LogP) is 1.34. The normalized spacial score (nSPS) is 11.3. The summed E-state index contributed by atoms with van der Waals surface area (Å²) in [6, 6.07) is 5.26. The van der Waals surface area contributed by atoms with Gasteiger partial charge in [0.05, 0.1) is 17.1 Å². The van der Waals surface area contributed by atoms with Gasteiger partial charge in [0.1, 0.15) is 0 Å². The Hall–Kier alpha value is -1.23. The Kier molecular flexibility index (Phi) is 3.00. The van der Waals surface area contributed by atoms with Crippen molar-refractivity contribution in [1.82, 2.24) is 0 Å². The highest BCUT2D eigenvalue weighted by Gasteiger charge is 2.10. The number of anilines is 2. The van der Waals surface area contributed by atoms with Gasteiger partial charge in [-0.3, -0.25) is 4.72 Å². The van der Waals surface area contributed by atoms with Crippen molar-refractivity contribution in [2.45, 2.75) is 13.8 Å². The molecule has 0 radical (unpaired) electrons. The maximum atomic E-state index is 11.3. The molecule has 0 heterocycles. The molecule has 4 nitrogen and oxygen atoms in total. The van der Waals surface area contributed by atoms with E-state index in [1.807, 2.05) is 13.0 Å². The molecule has 0 fully saturated rings. The smallest absolute Gasteiger partial charge is 0.232 e. The van der Waals surface area contributed by atoms with Crippen LogP contribution in [0.5, 0.6) is 0 Å². The minimum Gasteiger partial charge on any atom is -0.397 e. The van der Waals surface area contributed by atoms with Gasteiger partial charge in [0, 0.05) is 0 Å². The lowest BCUT2D eigenvalue weighted by Gasteiger charge is -2.11. The third-order valence-electron chi connectivity index (χ3n) is 1.94.